The number of hydrogen-bond acceptors (Lipinski definition) is 4. The first kappa shape index (κ1) is 14.3. The van der Waals surface area contributed by atoms with Gasteiger partial charge in [0.2, 0.25) is 5.95 Å². The number of anilines is 1. The number of aromatic amines is 3. The van der Waals surface area contributed by atoms with E-state index in [0.717, 1.165) is 16.6 Å². The summed E-state index contributed by atoms with van der Waals surface area (Å²) in [4.78, 5) is 36.1. The average molecular weight is 321 g/mol. The van der Waals surface area contributed by atoms with Crippen molar-refractivity contribution in [2.75, 3.05) is 5.32 Å². The van der Waals surface area contributed by atoms with Crippen LogP contribution in [0.4, 0.5) is 5.95 Å². The van der Waals surface area contributed by atoms with Gasteiger partial charge in [-0.1, -0.05) is 18.2 Å². The number of aromatic nitrogens is 4. The summed E-state index contributed by atoms with van der Waals surface area (Å²) >= 11 is 0. The van der Waals surface area contributed by atoms with Gasteiger partial charge in [-0.25, -0.2) is 9.78 Å². The molecule has 4 aromatic rings. The summed E-state index contributed by atoms with van der Waals surface area (Å²) in [6.07, 6.45) is 0. The Morgan fingerprint density at radius 3 is 2.67 bits per heavy atom. The van der Waals surface area contributed by atoms with E-state index in [1.54, 1.807) is 12.1 Å². The van der Waals surface area contributed by atoms with Gasteiger partial charge in [0, 0.05) is 0 Å². The zero-order valence-electron chi connectivity index (χ0n) is 12.9. The molecule has 0 aliphatic heterocycles. The van der Waals surface area contributed by atoms with Gasteiger partial charge >= 0.3 is 5.69 Å². The second kappa shape index (κ2) is 5.38. The molecule has 0 amide bonds. The third-order valence-electron chi connectivity index (χ3n) is 4.01. The van der Waals surface area contributed by atoms with E-state index in [1.165, 1.54) is 0 Å². The Kier molecular flexibility index (Phi) is 3.19. The molecule has 0 spiro atoms. The Bertz CT molecular complexity index is 1150. The van der Waals surface area contributed by atoms with E-state index < -0.39 is 0 Å². The third kappa shape index (κ3) is 2.45. The smallest absolute Gasteiger partial charge is 0.323 e. The van der Waals surface area contributed by atoms with Gasteiger partial charge in [0.1, 0.15) is 0 Å². The minimum Gasteiger partial charge on any atom is -0.349 e. The molecule has 7 heteroatoms. The molecule has 0 unspecified atom stereocenters. The number of para-hydroxylation sites is 1. The van der Waals surface area contributed by atoms with Crippen molar-refractivity contribution in [3.8, 4) is 0 Å². The molecule has 4 rings (SSSR count). The van der Waals surface area contributed by atoms with Crippen LogP contribution >= 0.6 is 0 Å². The number of fused-ring (bicyclic) bond motifs is 2. The van der Waals surface area contributed by atoms with Crippen LogP contribution in [0.15, 0.2) is 52.1 Å². The van der Waals surface area contributed by atoms with Crippen molar-refractivity contribution in [3.05, 3.63) is 68.9 Å². The van der Waals surface area contributed by atoms with Crippen molar-refractivity contribution in [1.82, 2.24) is 19.9 Å². The van der Waals surface area contributed by atoms with E-state index in [4.69, 9.17) is 0 Å². The second-order valence-corrected chi connectivity index (χ2v) is 5.68. The average Bonchev–Trinajstić information content (AvgIpc) is 2.94. The maximum Gasteiger partial charge on any atom is 0.323 e. The van der Waals surface area contributed by atoms with E-state index >= 15 is 0 Å². The van der Waals surface area contributed by atoms with Crippen LogP contribution in [0.3, 0.4) is 0 Å². The number of nitrogens with one attached hydrogen (secondary N) is 4. The van der Waals surface area contributed by atoms with Gasteiger partial charge in [-0.05, 0) is 36.8 Å². The summed E-state index contributed by atoms with van der Waals surface area (Å²) in [6.45, 7) is 1.96. The largest absolute Gasteiger partial charge is 0.349 e. The molecule has 24 heavy (non-hydrogen) atoms. The highest BCUT2D eigenvalue weighted by Gasteiger charge is 2.10. The van der Waals surface area contributed by atoms with E-state index in [9.17, 15) is 9.59 Å². The fourth-order valence-electron chi connectivity index (χ4n) is 2.76. The molecule has 0 radical (unpaired) electrons. The van der Waals surface area contributed by atoms with Gasteiger partial charge in [0.25, 0.3) is 5.56 Å². The predicted molar refractivity (Wildman–Crippen MR) is 93.3 cm³/mol. The van der Waals surface area contributed by atoms with E-state index in [-0.39, 0.29) is 17.3 Å². The third-order valence-corrected chi connectivity index (χ3v) is 4.01. The summed E-state index contributed by atoms with van der Waals surface area (Å²) in [5.41, 5.74) is 2.69. The molecule has 120 valence electrons. The van der Waals surface area contributed by atoms with Crippen LogP contribution in [0, 0.1) is 0 Å². The molecule has 0 bridgehead atoms. The lowest BCUT2D eigenvalue weighted by Crippen LogP contribution is -2.15. The van der Waals surface area contributed by atoms with E-state index in [2.05, 4.69) is 25.3 Å². The number of imidazole rings is 1. The number of benzene rings is 2. The van der Waals surface area contributed by atoms with Gasteiger partial charge in [-0.3, -0.25) is 9.78 Å². The number of hydrogen-bond donors (Lipinski definition) is 4. The quantitative estimate of drug-likeness (QED) is 0.464. The van der Waals surface area contributed by atoms with Crippen LogP contribution in [0.1, 0.15) is 18.5 Å². The molecule has 0 fully saturated rings. The van der Waals surface area contributed by atoms with E-state index in [0.29, 0.717) is 16.9 Å². The maximum atomic E-state index is 12.1. The van der Waals surface area contributed by atoms with Crippen molar-refractivity contribution in [2.24, 2.45) is 0 Å². The molecule has 0 aliphatic rings. The molecule has 4 N–H and O–H groups in total. The Morgan fingerprint density at radius 2 is 1.79 bits per heavy atom. The Hall–Kier alpha value is -3.35. The van der Waals surface area contributed by atoms with Crippen LogP contribution in [-0.4, -0.2) is 19.9 Å². The van der Waals surface area contributed by atoms with Crippen LogP contribution in [0.25, 0.3) is 21.9 Å². The molecule has 2 aromatic heterocycles. The molecule has 0 aliphatic carbocycles. The normalized spacial score (nSPS) is 12.5. The zero-order valence-corrected chi connectivity index (χ0v) is 12.9. The van der Waals surface area contributed by atoms with Crippen LogP contribution in [0.2, 0.25) is 0 Å². The molecule has 2 heterocycles. The standard InChI is InChI=1S/C17H15N5O2/c1-9(10-6-7-13-14(8-10)21-17(24)20-13)18-16-19-12-5-3-2-4-11(12)15(23)22-16/h2-9H,1H3,(H2,20,21,24)(H2,18,19,22,23)/t9-/m1/s1. The first-order chi connectivity index (χ1) is 11.6. The summed E-state index contributed by atoms with van der Waals surface area (Å²) < 4.78 is 0. The van der Waals surface area contributed by atoms with Crippen molar-refractivity contribution < 1.29 is 0 Å². The first-order valence-corrected chi connectivity index (χ1v) is 7.58. The summed E-state index contributed by atoms with van der Waals surface area (Å²) in [5.74, 6) is 0.411. The predicted octanol–water partition coefficient (Wildman–Crippen LogP) is 2.27. The first-order valence-electron chi connectivity index (χ1n) is 7.58. The Morgan fingerprint density at radius 1 is 1.00 bits per heavy atom. The van der Waals surface area contributed by atoms with Crippen molar-refractivity contribution in [2.45, 2.75) is 13.0 Å². The van der Waals surface area contributed by atoms with Gasteiger partial charge in [-0.15, -0.1) is 0 Å². The summed E-state index contributed by atoms with van der Waals surface area (Å²) in [5, 5.41) is 3.75. The van der Waals surface area contributed by atoms with Gasteiger partial charge in [-0.2, -0.15) is 0 Å². The van der Waals surface area contributed by atoms with Gasteiger partial charge in [0.15, 0.2) is 0 Å². The van der Waals surface area contributed by atoms with Crippen LogP contribution < -0.4 is 16.6 Å². The molecular formula is C17H15N5O2. The van der Waals surface area contributed by atoms with Crippen molar-refractivity contribution in [1.29, 1.82) is 0 Å². The highest BCUT2D eigenvalue weighted by molar-refractivity contribution is 5.78. The fourth-order valence-corrected chi connectivity index (χ4v) is 2.76. The minimum absolute atomic E-state index is 0.0999. The molecule has 2 aromatic carbocycles. The van der Waals surface area contributed by atoms with Crippen LogP contribution in [0.5, 0.6) is 0 Å². The van der Waals surface area contributed by atoms with Crippen molar-refractivity contribution in [3.63, 3.8) is 0 Å². The Balaban J connectivity index is 1.68. The zero-order chi connectivity index (χ0) is 16.7. The molecular weight excluding hydrogens is 306 g/mol. The topological polar surface area (TPSA) is 106 Å². The highest BCUT2D eigenvalue weighted by Crippen LogP contribution is 2.20. The number of nitrogens with zero attached hydrogens (tertiary/aromatic N) is 1. The van der Waals surface area contributed by atoms with Crippen LogP contribution in [-0.2, 0) is 0 Å². The minimum atomic E-state index is -0.233. The lowest BCUT2D eigenvalue weighted by Gasteiger charge is -2.15. The van der Waals surface area contributed by atoms with Gasteiger partial charge < -0.3 is 15.3 Å². The summed E-state index contributed by atoms with van der Waals surface area (Å²) in [7, 11) is 0. The van der Waals surface area contributed by atoms with Crippen molar-refractivity contribution >= 4 is 27.9 Å². The van der Waals surface area contributed by atoms with Gasteiger partial charge in [0.05, 0.1) is 28.0 Å². The van der Waals surface area contributed by atoms with E-state index in [1.807, 2.05) is 37.3 Å². The highest BCUT2D eigenvalue weighted by atomic mass is 16.1. The maximum absolute atomic E-state index is 12.1. The fraction of sp³-hybridized carbons (Fsp3) is 0.118. The molecule has 0 saturated heterocycles. The summed E-state index contributed by atoms with van der Waals surface area (Å²) in [6, 6.07) is 12.8. The number of rotatable bonds is 3. The Labute approximate surface area is 135 Å². The molecule has 1 atom stereocenters. The monoisotopic (exact) mass is 321 g/mol. The number of H-pyrrole nitrogens is 3. The molecule has 0 saturated carbocycles. The molecule has 7 nitrogen and oxygen atoms in total. The second-order valence-electron chi connectivity index (χ2n) is 5.68. The SMILES string of the molecule is C[C@@H](Nc1nc2ccccc2c(=O)[nH]1)c1ccc2[nH]c(=O)[nH]c2c1. The lowest BCUT2D eigenvalue weighted by molar-refractivity contribution is 0.862. The lowest BCUT2D eigenvalue weighted by atomic mass is 10.1.